The average molecular weight is 604 g/mol. The number of amides is 2. The zero-order valence-electron chi connectivity index (χ0n) is 23.3. The summed E-state index contributed by atoms with van der Waals surface area (Å²) in [4.78, 5) is 57.8. The molecular weight excluding hydrogens is 558 g/mol. The molecule has 41 heavy (non-hydrogen) atoms. The van der Waals surface area contributed by atoms with Gasteiger partial charge in [0.25, 0.3) is 0 Å². The Hall–Kier alpha value is -3.33. The number of nitrogens with zero attached hydrogens (tertiary/aromatic N) is 3. The molecule has 2 amide bonds. The van der Waals surface area contributed by atoms with Crippen molar-refractivity contribution in [2.45, 2.75) is 26.1 Å². The Kier molecular flexibility index (Phi) is 27.6. The Bertz CT molecular complexity index is 685. The number of carboxylic acid groups (broad SMARTS) is 5. The van der Waals surface area contributed by atoms with Crippen LogP contribution in [0.3, 0.4) is 0 Å². The van der Waals surface area contributed by atoms with E-state index in [1.807, 2.05) is 23.6 Å². The number of aliphatic hydroxyl groups is 4. The third-order valence-electron chi connectivity index (χ3n) is 4.94. The minimum atomic E-state index is -1.83. The van der Waals surface area contributed by atoms with Gasteiger partial charge in [-0.15, -0.1) is 0 Å². The van der Waals surface area contributed by atoms with Gasteiger partial charge in [0.15, 0.2) is 0 Å². The molecule has 0 spiro atoms. The molecular formula is C22H45N5O14. The molecule has 0 saturated carbocycles. The van der Waals surface area contributed by atoms with Crippen molar-refractivity contribution in [3.63, 3.8) is 0 Å². The molecule has 242 valence electrons. The summed E-state index contributed by atoms with van der Waals surface area (Å²) in [6, 6.07) is 0. The van der Waals surface area contributed by atoms with Crippen molar-refractivity contribution < 1.29 is 69.9 Å². The van der Waals surface area contributed by atoms with Crippen LogP contribution in [0.15, 0.2) is 0 Å². The quantitative estimate of drug-likeness (QED) is 0.0640. The first-order valence-corrected chi connectivity index (χ1v) is 12.4. The Balaban J connectivity index is -0.00000158. The van der Waals surface area contributed by atoms with Gasteiger partial charge in [0.1, 0.15) is 0 Å². The van der Waals surface area contributed by atoms with E-state index >= 15 is 0 Å². The van der Waals surface area contributed by atoms with Gasteiger partial charge in [-0.05, 0) is 13.1 Å². The summed E-state index contributed by atoms with van der Waals surface area (Å²) in [5.74, 6) is -1.58. The molecule has 0 aromatic carbocycles. The van der Waals surface area contributed by atoms with E-state index in [0.717, 1.165) is 0 Å². The highest BCUT2D eigenvalue weighted by atomic mass is 16.6. The number of carboxylic acids is 1. The van der Waals surface area contributed by atoms with Crippen molar-refractivity contribution in [2.75, 3.05) is 85.2 Å². The monoisotopic (exact) mass is 603 g/mol. The van der Waals surface area contributed by atoms with E-state index < -0.39 is 43.7 Å². The molecule has 0 bridgehead atoms. The molecule has 11 N–H and O–H groups in total. The molecule has 0 aliphatic carbocycles. The van der Waals surface area contributed by atoms with Crippen LogP contribution in [0.2, 0.25) is 0 Å². The van der Waals surface area contributed by atoms with Crippen LogP contribution in [-0.2, 0) is 14.4 Å². The van der Waals surface area contributed by atoms with Crippen molar-refractivity contribution in [3.05, 3.63) is 0 Å². The van der Waals surface area contributed by atoms with Crippen LogP contribution in [0.25, 0.3) is 0 Å². The maximum Gasteiger partial charge on any atom is 0.503 e. The molecule has 0 fully saturated rings. The first-order valence-electron chi connectivity index (χ1n) is 12.4. The number of hydrogen-bond donors (Lipinski definition) is 11. The van der Waals surface area contributed by atoms with E-state index in [9.17, 15) is 29.7 Å². The fraction of sp³-hybridized carbons (Fsp3) is 0.773. The molecule has 0 saturated heterocycles. The van der Waals surface area contributed by atoms with Gasteiger partial charge in [-0.3, -0.25) is 29.1 Å². The zero-order valence-corrected chi connectivity index (χ0v) is 23.3. The summed E-state index contributed by atoms with van der Waals surface area (Å²) in [5, 5.41) is 78.4. The van der Waals surface area contributed by atoms with Gasteiger partial charge < -0.3 is 56.6 Å². The minimum absolute atomic E-state index is 0.0442. The number of hydrogen-bond acceptors (Lipinski definition) is 12. The molecule has 0 aromatic heterocycles. The van der Waals surface area contributed by atoms with Gasteiger partial charge in [0, 0.05) is 39.3 Å². The van der Waals surface area contributed by atoms with Crippen molar-refractivity contribution in [1.82, 2.24) is 25.3 Å². The fourth-order valence-electron chi connectivity index (χ4n) is 2.84. The maximum atomic E-state index is 12.0. The van der Waals surface area contributed by atoms with Gasteiger partial charge in [0.05, 0.1) is 45.1 Å². The molecule has 0 radical (unpaired) electrons. The topological polar surface area (TPSA) is 301 Å². The van der Waals surface area contributed by atoms with Crippen LogP contribution in [0.4, 0.5) is 9.59 Å². The SMILES string of the molecule is CCN(CCN(CCN(CC)CC(=O)NCC(O)CO)CC(=O)O)CC(=O)NCC(O)CO.O=C(O)O.O=C(O)O. The number of carbonyl (C=O) groups excluding carboxylic acids is 2. The predicted octanol–water partition coefficient (Wildman–Crippen LogP) is -3.60. The number of rotatable bonds is 20. The summed E-state index contributed by atoms with van der Waals surface area (Å²) >= 11 is 0. The van der Waals surface area contributed by atoms with Gasteiger partial charge >= 0.3 is 18.3 Å². The Morgan fingerprint density at radius 3 is 1.12 bits per heavy atom. The van der Waals surface area contributed by atoms with E-state index in [4.69, 9.17) is 40.2 Å². The Morgan fingerprint density at radius 2 is 0.878 bits per heavy atom. The van der Waals surface area contributed by atoms with E-state index in [1.165, 1.54) is 0 Å². The smallest absolute Gasteiger partial charge is 0.480 e. The molecule has 0 heterocycles. The summed E-state index contributed by atoms with van der Waals surface area (Å²) in [6.45, 7) is 5.60. The summed E-state index contributed by atoms with van der Waals surface area (Å²) < 4.78 is 0. The van der Waals surface area contributed by atoms with Gasteiger partial charge in [-0.25, -0.2) is 9.59 Å². The van der Waals surface area contributed by atoms with E-state index in [2.05, 4.69) is 10.6 Å². The third kappa shape index (κ3) is 32.8. The molecule has 0 aromatic rings. The molecule has 0 rings (SSSR count). The van der Waals surface area contributed by atoms with E-state index in [0.29, 0.717) is 39.3 Å². The Labute approximate surface area is 237 Å². The van der Waals surface area contributed by atoms with Crippen LogP contribution in [0.1, 0.15) is 13.8 Å². The van der Waals surface area contributed by atoms with Gasteiger partial charge in [-0.1, -0.05) is 13.8 Å². The number of likely N-dealkylation sites (N-methyl/N-ethyl adjacent to an activating group) is 2. The molecule has 2 atom stereocenters. The van der Waals surface area contributed by atoms with Crippen molar-refractivity contribution in [1.29, 1.82) is 0 Å². The van der Waals surface area contributed by atoms with Crippen LogP contribution >= 0.6 is 0 Å². The largest absolute Gasteiger partial charge is 0.503 e. The highest BCUT2D eigenvalue weighted by Gasteiger charge is 2.17. The molecule has 19 nitrogen and oxygen atoms in total. The van der Waals surface area contributed by atoms with Crippen molar-refractivity contribution in [2.24, 2.45) is 0 Å². The van der Waals surface area contributed by atoms with Crippen molar-refractivity contribution >= 4 is 30.1 Å². The predicted molar refractivity (Wildman–Crippen MR) is 142 cm³/mol. The average Bonchev–Trinajstić information content (AvgIpc) is 2.88. The second-order valence-corrected chi connectivity index (χ2v) is 8.25. The summed E-state index contributed by atoms with van der Waals surface area (Å²) in [7, 11) is 0. The number of aliphatic hydroxyl groups excluding tert-OH is 4. The second kappa shape index (κ2) is 26.9. The van der Waals surface area contributed by atoms with Crippen LogP contribution in [-0.4, -0.2) is 188 Å². The lowest BCUT2D eigenvalue weighted by Crippen LogP contribution is -2.46. The maximum absolute atomic E-state index is 12.0. The molecule has 19 heteroatoms. The first-order chi connectivity index (χ1) is 19.1. The lowest BCUT2D eigenvalue weighted by molar-refractivity contribution is -0.138. The van der Waals surface area contributed by atoms with Crippen molar-refractivity contribution in [3.8, 4) is 0 Å². The summed E-state index contributed by atoms with van der Waals surface area (Å²) in [5.41, 5.74) is 0. The summed E-state index contributed by atoms with van der Waals surface area (Å²) in [6.07, 6.45) is -5.70. The highest BCUT2D eigenvalue weighted by Crippen LogP contribution is 1.97. The zero-order chi connectivity index (χ0) is 32.4. The van der Waals surface area contributed by atoms with Gasteiger partial charge in [0.2, 0.25) is 11.8 Å². The van der Waals surface area contributed by atoms with Crippen LogP contribution < -0.4 is 10.6 Å². The molecule has 0 aliphatic rings. The molecule has 0 aliphatic heterocycles. The third-order valence-corrected chi connectivity index (χ3v) is 4.94. The first kappa shape index (κ1) is 42.1. The van der Waals surface area contributed by atoms with E-state index in [1.54, 1.807) is 4.90 Å². The normalized spacial score (nSPS) is 11.9. The highest BCUT2D eigenvalue weighted by molar-refractivity contribution is 5.78. The van der Waals surface area contributed by atoms with Gasteiger partial charge in [-0.2, -0.15) is 0 Å². The standard InChI is InChI=1S/C20H41N5O8.2CH2O3/c1-3-23(11-18(30)21-9-16(28)14-26)5-7-25(13-20(32)33)8-6-24(4-2)12-19(31)22-10-17(29)15-27;2*2-1(3)4/h16-17,26-29H,3-15H2,1-2H3,(H,21,30)(H,22,31)(H,32,33);2*(H2,2,3,4). The Morgan fingerprint density at radius 1 is 0.585 bits per heavy atom. The lowest BCUT2D eigenvalue weighted by Gasteiger charge is -2.28. The molecule has 2 unspecified atom stereocenters. The number of aliphatic carboxylic acids is 1. The van der Waals surface area contributed by atoms with E-state index in [-0.39, 0.29) is 44.5 Å². The lowest BCUT2D eigenvalue weighted by atomic mass is 10.3. The number of nitrogens with one attached hydrogen (secondary N) is 2. The minimum Gasteiger partial charge on any atom is -0.480 e. The van der Waals surface area contributed by atoms with Crippen LogP contribution in [0, 0.1) is 0 Å². The fourth-order valence-corrected chi connectivity index (χ4v) is 2.84. The number of carbonyl (C=O) groups is 5. The van der Waals surface area contributed by atoms with Crippen LogP contribution in [0.5, 0.6) is 0 Å². The second-order valence-electron chi connectivity index (χ2n) is 8.25.